The Morgan fingerprint density at radius 1 is 1.32 bits per heavy atom. The Hall–Kier alpha value is -0.750. The van der Waals surface area contributed by atoms with E-state index in [1.807, 2.05) is 37.3 Å². The van der Waals surface area contributed by atoms with Crippen LogP contribution in [0.15, 0.2) is 30.3 Å². The van der Waals surface area contributed by atoms with E-state index in [0.29, 0.717) is 0 Å². The van der Waals surface area contributed by atoms with Crippen molar-refractivity contribution in [1.82, 2.24) is 5.06 Å². The van der Waals surface area contributed by atoms with Gasteiger partial charge in [0.1, 0.15) is 5.78 Å². The molecule has 2 rings (SSSR count). The zero-order chi connectivity index (χ0) is 16.2. The van der Waals surface area contributed by atoms with Gasteiger partial charge in [-0.1, -0.05) is 30.3 Å². The quantitative estimate of drug-likeness (QED) is 0.774. The highest BCUT2D eigenvalue weighted by Crippen LogP contribution is 2.59. The lowest BCUT2D eigenvalue weighted by molar-refractivity contribution is -0.234. The van der Waals surface area contributed by atoms with Crippen LogP contribution in [0.25, 0.3) is 0 Å². The Kier molecular flexibility index (Phi) is 6.15. The van der Waals surface area contributed by atoms with Crippen LogP contribution in [0.1, 0.15) is 38.8 Å². The van der Waals surface area contributed by atoms with Gasteiger partial charge in [0.25, 0.3) is 0 Å². The minimum atomic E-state index is -3.39. The van der Waals surface area contributed by atoms with Crippen molar-refractivity contribution in [1.29, 1.82) is 0 Å². The molecule has 7 heteroatoms. The Morgan fingerprint density at radius 3 is 2.45 bits per heavy atom. The van der Waals surface area contributed by atoms with Crippen molar-refractivity contribution < 1.29 is 23.6 Å². The molecule has 1 saturated heterocycles. The molecule has 0 unspecified atom stereocenters. The second-order valence-corrected chi connectivity index (χ2v) is 7.29. The van der Waals surface area contributed by atoms with E-state index in [1.54, 1.807) is 18.9 Å². The number of aliphatic hydroxyl groups excluding tert-OH is 1. The average Bonchev–Trinajstić information content (AvgIpc) is 2.90. The Bertz CT molecular complexity index is 502. The number of rotatable bonds is 7. The molecule has 22 heavy (non-hydrogen) atoms. The summed E-state index contributed by atoms with van der Waals surface area (Å²) >= 11 is 0. The van der Waals surface area contributed by atoms with Crippen molar-refractivity contribution in [3.05, 3.63) is 35.9 Å². The van der Waals surface area contributed by atoms with Gasteiger partial charge in [-0.05, 0) is 26.3 Å². The van der Waals surface area contributed by atoms with Crippen LogP contribution in [0.3, 0.4) is 0 Å². The van der Waals surface area contributed by atoms with Gasteiger partial charge in [-0.15, -0.1) is 0 Å². The number of nitrogens with zero attached hydrogens (tertiary/aromatic N) is 1. The van der Waals surface area contributed by atoms with Gasteiger partial charge in [-0.2, -0.15) is 5.06 Å². The second kappa shape index (κ2) is 7.68. The summed E-state index contributed by atoms with van der Waals surface area (Å²) in [5, 5.41) is 11.4. The molecule has 1 aromatic carbocycles. The third-order valence-electron chi connectivity index (χ3n) is 3.60. The molecule has 0 bridgehead atoms. The van der Waals surface area contributed by atoms with E-state index >= 15 is 0 Å². The van der Waals surface area contributed by atoms with Gasteiger partial charge < -0.3 is 14.2 Å². The molecule has 1 N–H and O–H groups in total. The maximum absolute atomic E-state index is 13.0. The molecule has 3 atom stereocenters. The van der Waals surface area contributed by atoms with Crippen LogP contribution in [0.5, 0.6) is 0 Å². The van der Waals surface area contributed by atoms with Crippen molar-refractivity contribution >= 4 is 7.60 Å². The lowest BCUT2D eigenvalue weighted by atomic mass is 10.1. The van der Waals surface area contributed by atoms with Crippen molar-refractivity contribution in [3.8, 4) is 0 Å². The predicted octanol–water partition coefficient (Wildman–Crippen LogP) is 3.30. The molecule has 1 aromatic rings. The van der Waals surface area contributed by atoms with Crippen LogP contribution in [-0.4, -0.2) is 35.5 Å². The fraction of sp³-hybridized carbons (Fsp3) is 0.600. The first kappa shape index (κ1) is 17.6. The molecular formula is C15H24NO5P. The second-order valence-electron chi connectivity index (χ2n) is 5.10. The van der Waals surface area contributed by atoms with Gasteiger partial charge >= 0.3 is 7.60 Å². The monoisotopic (exact) mass is 329 g/mol. The van der Waals surface area contributed by atoms with E-state index in [1.165, 1.54) is 0 Å². The summed E-state index contributed by atoms with van der Waals surface area (Å²) in [6, 6.07) is 9.52. The number of benzene rings is 1. The van der Waals surface area contributed by atoms with Gasteiger partial charge in [-0.3, -0.25) is 9.40 Å². The average molecular weight is 329 g/mol. The molecule has 1 heterocycles. The third kappa shape index (κ3) is 3.77. The Labute approximate surface area is 131 Å². The van der Waals surface area contributed by atoms with E-state index in [0.717, 1.165) is 5.56 Å². The summed E-state index contributed by atoms with van der Waals surface area (Å²) in [5.74, 6) is -0.627. The van der Waals surface area contributed by atoms with Crippen LogP contribution in [-0.2, 0) is 18.5 Å². The van der Waals surface area contributed by atoms with Crippen molar-refractivity contribution in [3.63, 3.8) is 0 Å². The van der Waals surface area contributed by atoms with Crippen molar-refractivity contribution in [2.75, 3.05) is 13.2 Å². The van der Waals surface area contributed by atoms with E-state index < -0.39 is 19.7 Å². The fourth-order valence-electron chi connectivity index (χ4n) is 2.60. The molecule has 1 aliphatic rings. The SMILES string of the molecule is CCOP(=O)(OCC)[C@H]1C[C@H](O)ON1[C@@H](C)c1ccccc1. The van der Waals surface area contributed by atoms with Crippen molar-refractivity contribution in [2.24, 2.45) is 0 Å². The zero-order valence-electron chi connectivity index (χ0n) is 13.2. The van der Waals surface area contributed by atoms with Gasteiger partial charge in [0.2, 0.25) is 0 Å². The first-order chi connectivity index (χ1) is 10.5. The predicted molar refractivity (Wildman–Crippen MR) is 83.1 cm³/mol. The van der Waals surface area contributed by atoms with Crippen molar-refractivity contribution in [2.45, 2.75) is 45.3 Å². The fourth-order valence-corrected chi connectivity index (χ4v) is 4.71. The van der Waals surface area contributed by atoms with Gasteiger partial charge in [0, 0.05) is 6.42 Å². The molecular weight excluding hydrogens is 305 g/mol. The van der Waals surface area contributed by atoms with Gasteiger partial charge in [0.15, 0.2) is 6.29 Å². The molecule has 1 aliphatic heterocycles. The maximum atomic E-state index is 13.0. The van der Waals surface area contributed by atoms with Crippen LogP contribution >= 0.6 is 7.60 Å². The number of hydrogen-bond acceptors (Lipinski definition) is 6. The molecule has 124 valence electrons. The highest BCUT2D eigenvalue weighted by atomic mass is 31.2. The van der Waals surface area contributed by atoms with Gasteiger partial charge in [0.05, 0.1) is 19.3 Å². The molecule has 0 spiro atoms. The summed E-state index contributed by atoms with van der Waals surface area (Å²) in [6.45, 7) is 6.02. The van der Waals surface area contributed by atoms with E-state index in [9.17, 15) is 9.67 Å². The standard InChI is InChI=1S/C15H24NO5P/c1-4-19-22(18,20-5-2)14-11-15(17)21-16(14)12(3)13-9-7-6-8-10-13/h6-10,12,14-15,17H,4-5,11H2,1-3H3/t12-,14-,15+/m0/s1. The van der Waals surface area contributed by atoms with Crippen LogP contribution < -0.4 is 0 Å². The number of hydroxylamine groups is 2. The van der Waals surface area contributed by atoms with Crippen LogP contribution in [0.4, 0.5) is 0 Å². The molecule has 0 saturated carbocycles. The Morgan fingerprint density at radius 2 is 1.91 bits per heavy atom. The van der Waals surface area contributed by atoms with E-state index in [4.69, 9.17) is 13.9 Å². The summed E-state index contributed by atoms with van der Waals surface area (Å²) in [4.78, 5) is 5.49. The molecule has 0 radical (unpaired) electrons. The lowest BCUT2D eigenvalue weighted by Crippen LogP contribution is -2.32. The number of aliphatic hydroxyl groups is 1. The highest BCUT2D eigenvalue weighted by molar-refractivity contribution is 7.54. The van der Waals surface area contributed by atoms with Crippen LogP contribution in [0.2, 0.25) is 0 Å². The minimum Gasteiger partial charge on any atom is -0.366 e. The Balaban J connectivity index is 2.27. The molecule has 0 aromatic heterocycles. The normalized spacial score (nSPS) is 24.5. The highest BCUT2D eigenvalue weighted by Gasteiger charge is 2.49. The topological polar surface area (TPSA) is 68.2 Å². The summed E-state index contributed by atoms with van der Waals surface area (Å²) in [6.07, 6.45) is -0.820. The lowest BCUT2D eigenvalue weighted by Gasteiger charge is -2.32. The minimum absolute atomic E-state index is 0.183. The molecule has 1 fully saturated rings. The molecule has 6 nitrogen and oxygen atoms in total. The molecule has 0 aliphatic carbocycles. The van der Waals surface area contributed by atoms with Crippen LogP contribution in [0, 0.1) is 0 Å². The third-order valence-corrected chi connectivity index (χ3v) is 6.00. The summed E-state index contributed by atoms with van der Waals surface area (Å²) < 4.78 is 23.9. The summed E-state index contributed by atoms with van der Waals surface area (Å²) in [5.41, 5.74) is 1.00. The van der Waals surface area contributed by atoms with E-state index in [-0.39, 0.29) is 25.7 Å². The first-order valence-corrected chi connectivity index (χ1v) is 9.20. The first-order valence-electron chi connectivity index (χ1n) is 7.58. The largest absolute Gasteiger partial charge is 0.366 e. The zero-order valence-corrected chi connectivity index (χ0v) is 14.1. The summed E-state index contributed by atoms with van der Waals surface area (Å²) in [7, 11) is -3.39. The molecule has 0 amide bonds. The van der Waals surface area contributed by atoms with E-state index in [2.05, 4.69) is 0 Å². The number of hydrogen-bond donors (Lipinski definition) is 1. The maximum Gasteiger partial charge on any atom is 0.350 e. The van der Waals surface area contributed by atoms with Gasteiger partial charge in [-0.25, -0.2) is 0 Å². The smallest absolute Gasteiger partial charge is 0.350 e.